The largest absolute Gasteiger partial charge is 0.338 e. The van der Waals surface area contributed by atoms with E-state index in [2.05, 4.69) is 56.3 Å². The van der Waals surface area contributed by atoms with Gasteiger partial charge in [0.25, 0.3) is 0 Å². The number of thiazole rings is 1. The molecule has 3 heterocycles. The first-order chi connectivity index (χ1) is 12.3. The SMILES string of the molecule is Cc1cccc(-c2nc(CN3CCN(c4ncccn4)CC3)cs2)c1. The van der Waals surface area contributed by atoms with Crippen LogP contribution in [0.15, 0.2) is 48.1 Å². The molecular formula is C19H21N5S. The minimum atomic E-state index is 0.831. The van der Waals surface area contributed by atoms with Crippen LogP contribution in [0.25, 0.3) is 10.6 Å². The number of benzene rings is 1. The smallest absolute Gasteiger partial charge is 0.225 e. The number of anilines is 1. The lowest BCUT2D eigenvalue weighted by molar-refractivity contribution is 0.246. The normalized spacial score (nSPS) is 15.5. The summed E-state index contributed by atoms with van der Waals surface area (Å²) in [5.74, 6) is 0.831. The lowest BCUT2D eigenvalue weighted by atomic mass is 10.1. The Hall–Kier alpha value is -2.31. The Morgan fingerprint density at radius 1 is 1.04 bits per heavy atom. The van der Waals surface area contributed by atoms with Crippen LogP contribution in [-0.2, 0) is 6.54 Å². The van der Waals surface area contributed by atoms with Crippen LogP contribution < -0.4 is 4.90 Å². The summed E-state index contributed by atoms with van der Waals surface area (Å²) in [6.45, 7) is 6.96. The van der Waals surface area contributed by atoms with Crippen LogP contribution in [0.4, 0.5) is 5.95 Å². The zero-order valence-electron chi connectivity index (χ0n) is 14.3. The van der Waals surface area contributed by atoms with Crippen molar-refractivity contribution in [2.45, 2.75) is 13.5 Å². The fraction of sp³-hybridized carbons (Fsp3) is 0.316. The zero-order valence-corrected chi connectivity index (χ0v) is 15.1. The average molecular weight is 351 g/mol. The van der Waals surface area contributed by atoms with E-state index < -0.39 is 0 Å². The van der Waals surface area contributed by atoms with Crippen molar-refractivity contribution in [3.05, 3.63) is 59.4 Å². The van der Waals surface area contributed by atoms with Gasteiger partial charge in [-0.2, -0.15) is 0 Å². The molecule has 6 heteroatoms. The van der Waals surface area contributed by atoms with Crippen LogP contribution in [0.2, 0.25) is 0 Å². The number of aryl methyl sites for hydroxylation is 1. The predicted molar refractivity (Wildman–Crippen MR) is 102 cm³/mol. The minimum absolute atomic E-state index is 0.831. The highest BCUT2D eigenvalue weighted by Gasteiger charge is 2.19. The van der Waals surface area contributed by atoms with E-state index in [1.165, 1.54) is 11.1 Å². The molecule has 0 unspecified atom stereocenters. The first-order valence-corrected chi connectivity index (χ1v) is 9.42. The second-order valence-corrected chi connectivity index (χ2v) is 7.18. The van der Waals surface area contributed by atoms with Crippen molar-refractivity contribution in [1.29, 1.82) is 0 Å². The molecule has 1 aliphatic rings. The molecular weight excluding hydrogens is 330 g/mol. The van der Waals surface area contributed by atoms with E-state index in [4.69, 9.17) is 4.98 Å². The number of rotatable bonds is 4. The third kappa shape index (κ3) is 3.86. The molecule has 1 aromatic carbocycles. The Kier molecular flexibility index (Phi) is 4.72. The Morgan fingerprint density at radius 3 is 2.60 bits per heavy atom. The summed E-state index contributed by atoms with van der Waals surface area (Å²) in [5.41, 5.74) is 3.64. The minimum Gasteiger partial charge on any atom is -0.338 e. The summed E-state index contributed by atoms with van der Waals surface area (Å²) in [7, 11) is 0. The molecule has 1 saturated heterocycles. The van der Waals surface area contributed by atoms with Gasteiger partial charge in [-0.05, 0) is 19.1 Å². The topological polar surface area (TPSA) is 45.2 Å². The highest BCUT2D eigenvalue weighted by Crippen LogP contribution is 2.25. The highest BCUT2D eigenvalue weighted by molar-refractivity contribution is 7.13. The van der Waals surface area contributed by atoms with Crippen LogP contribution in [-0.4, -0.2) is 46.0 Å². The number of piperazine rings is 1. The van der Waals surface area contributed by atoms with Crippen molar-refractivity contribution >= 4 is 17.3 Å². The molecule has 4 rings (SSSR count). The molecule has 128 valence electrons. The van der Waals surface area contributed by atoms with Gasteiger partial charge in [0.1, 0.15) is 5.01 Å². The van der Waals surface area contributed by atoms with Crippen molar-refractivity contribution in [3.63, 3.8) is 0 Å². The highest BCUT2D eigenvalue weighted by atomic mass is 32.1. The van der Waals surface area contributed by atoms with E-state index in [0.29, 0.717) is 0 Å². The summed E-state index contributed by atoms with van der Waals surface area (Å²) < 4.78 is 0. The van der Waals surface area contributed by atoms with Crippen LogP contribution >= 0.6 is 11.3 Å². The lowest BCUT2D eigenvalue weighted by Gasteiger charge is -2.34. The van der Waals surface area contributed by atoms with E-state index in [1.807, 2.05) is 6.07 Å². The van der Waals surface area contributed by atoms with Gasteiger partial charge in [0.05, 0.1) is 5.69 Å². The second-order valence-electron chi connectivity index (χ2n) is 6.33. The summed E-state index contributed by atoms with van der Waals surface area (Å²) in [4.78, 5) is 18.2. The molecule has 5 nitrogen and oxygen atoms in total. The summed E-state index contributed by atoms with van der Waals surface area (Å²) in [6.07, 6.45) is 3.60. The number of hydrogen-bond acceptors (Lipinski definition) is 6. The van der Waals surface area contributed by atoms with Gasteiger partial charge in [-0.15, -0.1) is 11.3 Å². The van der Waals surface area contributed by atoms with Gasteiger partial charge in [0.15, 0.2) is 0 Å². The van der Waals surface area contributed by atoms with Crippen LogP contribution in [0.5, 0.6) is 0 Å². The first kappa shape index (κ1) is 16.2. The lowest BCUT2D eigenvalue weighted by Crippen LogP contribution is -2.46. The molecule has 25 heavy (non-hydrogen) atoms. The van der Waals surface area contributed by atoms with E-state index in [9.17, 15) is 0 Å². The molecule has 1 fully saturated rings. The number of aromatic nitrogens is 3. The quantitative estimate of drug-likeness (QED) is 0.722. The van der Waals surface area contributed by atoms with Crippen molar-refractivity contribution in [2.75, 3.05) is 31.1 Å². The molecule has 3 aromatic rings. The monoisotopic (exact) mass is 351 g/mol. The molecule has 0 amide bonds. The molecule has 2 aromatic heterocycles. The fourth-order valence-corrected chi connectivity index (χ4v) is 3.89. The molecule has 0 N–H and O–H groups in total. The molecule has 0 spiro atoms. The van der Waals surface area contributed by atoms with Gasteiger partial charge in [0, 0.05) is 56.1 Å². The Bertz CT molecular complexity index is 825. The van der Waals surface area contributed by atoms with Gasteiger partial charge in [-0.25, -0.2) is 15.0 Å². The van der Waals surface area contributed by atoms with Crippen LogP contribution in [0.1, 0.15) is 11.3 Å². The van der Waals surface area contributed by atoms with Gasteiger partial charge >= 0.3 is 0 Å². The van der Waals surface area contributed by atoms with Gasteiger partial charge < -0.3 is 4.90 Å². The standard InChI is InChI=1S/C19H21N5S/c1-15-4-2-5-16(12-15)18-22-17(14-25-18)13-23-8-10-24(11-9-23)19-20-6-3-7-21-19/h2-7,12,14H,8-11,13H2,1H3. The Balaban J connectivity index is 1.36. The molecule has 0 aliphatic carbocycles. The van der Waals surface area contributed by atoms with Gasteiger partial charge in [-0.1, -0.05) is 23.8 Å². The summed E-state index contributed by atoms with van der Waals surface area (Å²) in [6, 6.07) is 10.4. The van der Waals surface area contributed by atoms with Crippen molar-refractivity contribution in [3.8, 4) is 10.6 Å². The predicted octanol–water partition coefficient (Wildman–Crippen LogP) is 3.23. The first-order valence-electron chi connectivity index (χ1n) is 8.54. The van der Waals surface area contributed by atoms with Crippen molar-refractivity contribution < 1.29 is 0 Å². The van der Waals surface area contributed by atoms with Gasteiger partial charge in [-0.3, -0.25) is 4.90 Å². The maximum absolute atomic E-state index is 4.83. The van der Waals surface area contributed by atoms with E-state index in [1.54, 1.807) is 23.7 Å². The zero-order chi connectivity index (χ0) is 17.1. The van der Waals surface area contributed by atoms with Gasteiger partial charge in [0.2, 0.25) is 5.95 Å². The fourth-order valence-electron chi connectivity index (χ4n) is 3.08. The molecule has 0 saturated carbocycles. The summed E-state index contributed by atoms with van der Waals surface area (Å²) >= 11 is 1.73. The number of nitrogens with zero attached hydrogens (tertiary/aromatic N) is 5. The van der Waals surface area contributed by atoms with Crippen molar-refractivity contribution in [1.82, 2.24) is 19.9 Å². The Morgan fingerprint density at radius 2 is 1.84 bits per heavy atom. The molecule has 0 bridgehead atoms. The van der Waals surface area contributed by atoms with E-state index in [-0.39, 0.29) is 0 Å². The third-order valence-corrected chi connectivity index (χ3v) is 5.35. The third-order valence-electron chi connectivity index (χ3n) is 4.41. The molecule has 0 atom stereocenters. The maximum Gasteiger partial charge on any atom is 0.225 e. The average Bonchev–Trinajstić information content (AvgIpc) is 3.12. The molecule has 1 aliphatic heterocycles. The maximum atomic E-state index is 4.83. The Labute approximate surface area is 152 Å². The van der Waals surface area contributed by atoms with Crippen LogP contribution in [0.3, 0.4) is 0 Å². The second kappa shape index (κ2) is 7.29. The molecule has 0 radical (unpaired) electrons. The number of hydrogen-bond donors (Lipinski definition) is 0. The van der Waals surface area contributed by atoms with Crippen LogP contribution in [0, 0.1) is 6.92 Å². The van der Waals surface area contributed by atoms with E-state index in [0.717, 1.165) is 49.4 Å². The van der Waals surface area contributed by atoms with E-state index >= 15 is 0 Å². The van der Waals surface area contributed by atoms with Crippen molar-refractivity contribution in [2.24, 2.45) is 0 Å². The summed E-state index contributed by atoms with van der Waals surface area (Å²) in [5, 5.41) is 3.29.